The Morgan fingerprint density at radius 3 is 3.24 bits per heavy atom. The van der Waals surface area contributed by atoms with Gasteiger partial charge in [0.1, 0.15) is 0 Å². The first-order valence-corrected chi connectivity index (χ1v) is 5.96. The summed E-state index contributed by atoms with van der Waals surface area (Å²) in [4.78, 5) is 10.5. The van der Waals surface area contributed by atoms with Crippen LogP contribution in [0.3, 0.4) is 0 Å². The van der Waals surface area contributed by atoms with Crippen LogP contribution < -0.4 is 0 Å². The van der Waals surface area contributed by atoms with Crippen molar-refractivity contribution >= 4 is 5.97 Å². The molecule has 1 unspecified atom stereocenters. The summed E-state index contributed by atoms with van der Waals surface area (Å²) >= 11 is 0. The number of hydrogen-bond donors (Lipinski definition) is 1. The molecule has 0 radical (unpaired) electrons. The second-order valence-electron chi connectivity index (χ2n) is 4.32. The molecule has 2 heterocycles. The molecule has 0 aliphatic carbocycles. The highest BCUT2D eigenvalue weighted by Crippen LogP contribution is 2.16. The van der Waals surface area contributed by atoms with Gasteiger partial charge in [-0.15, -0.1) is 5.10 Å². The molecule has 0 aromatic carbocycles. The molecule has 6 heteroatoms. The van der Waals surface area contributed by atoms with Crippen molar-refractivity contribution in [2.45, 2.75) is 44.8 Å². The fourth-order valence-electron chi connectivity index (χ4n) is 2.04. The van der Waals surface area contributed by atoms with Gasteiger partial charge >= 0.3 is 5.97 Å². The summed E-state index contributed by atoms with van der Waals surface area (Å²) in [6, 6.07) is 0. The number of aromatic nitrogens is 3. The van der Waals surface area contributed by atoms with E-state index >= 15 is 0 Å². The number of aliphatic carboxylic acids is 1. The second-order valence-corrected chi connectivity index (χ2v) is 4.32. The molecule has 1 aromatic rings. The van der Waals surface area contributed by atoms with Crippen LogP contribution in [0.5, 0.6) is 0 Å². The smallest absolute Gasteiger partial charge is 0.309 e. The largest absolute Gasteiger partial charge is 0.481 e. The monoisotopic (exact) mass is 239 g/mol. The number of nitrogens with zero attached hydrogens (tertiary/aromatic N) is 3. The van der Waals surface area contributed by atoms with E-state index in [4.69, 9.17) is 9.84 Å². The lowest BCUT2D eigenvalue weighted by Crippen LogP contribution is -2.07. The third-order valence-corrected chi connectivity index (χ3v) is 2.86. The van der Waals surface area contributed by atoms with Gasteiger partial charge in [0.05, 0.1) is 18.2 Å². The Hall–Kier alpha value is -1.43. The van der Waals surface area contributed by atoms with E-state index in [9.17, 15) is 4.79 Å². The maximum Gasteiger partial charge on any atom is 0.309 e. The minimum absolute atomic E-state index is 0.0638. The highest BCUT2D eigenvalue weighted by molar-refractivity contribution is 5.69. The molecule has 1 saturated heterocycles. The quantitative estimate of drug-likeness (QED) is 0.796. The third kappa shape index (κ3) is 3.81. The summed E-state index contributed by atoms with van der Waals surface area (Å²) in [5.74, 6) is -0.878. The molecule has 6 nitrogen and oxygen atoms in total. The Morgan fingerprint density at radius 1 is 1.65 bits per heavy atom. The molecule has 1 aliphatic rings. The number of carboxylic acid groups (broad SMARTS) is 1. The number of ether oxygens (including phenoxy) is 1. The van der Waals surface area contributed by atoms with Crippen LogP contribution in [0.4, 0.5) is 0 Å². The fraction of sp³-hybridized carbons (Fsp3) is 0.727. The zero-order valence-corrected chi connectivity index (χ0v) is 9.71. The van der Waals surface area contributed by atoms with Crippen molar-refractivity contribution in [3.63, 3.8) is 0 Å². The van der Waals surface area contributed by atoms with E-state index in [1.165, 1.54) is 0 Å². The highest BCUT2D eigenvalue weighted by atomic mass is 16.5. The number of carboxylic acids is 1. The summed E-state index contributed by atoms with van der Waals surface area (Å²) in [6.07, 6.45) is 6.37. The number of hydrogen-bond acceptors (Lipinski definition) is 4. The molecule has 17 heavy (non-hydrogen) atoms. The Labute approximate surface area is 99.6 Å². The van der Waals surface area contributed by atoms with Gasteiger partial charge in [0.25, 0.3) is 0 Å². The van der Waals surface area contributed by atoms with Crippen LogP contribution in [-0.4, -0.2) is 38.8 Å². The molecule has 0 bridgehead atoms. The molecule has 0 amide bonds. The van der Waals surface area contributed by atoms with Crippen LogP contribution in [0, 0.1) is 0 Å². The first-order chi connectivity index (χ1) is 8.24. The van der Waals surface area contributed by atoms with Crippen molar-refractivity contribution in [3.05, 3.63) is 11.9 Å². The molecule has 1 atom stereocenters. The van der Waals surface area contributed by atoms with Crippen molar-refractivity contribution < 1.29 is 14.6 Å². The van der Waals surface area contributed by atoms with Gasteiger partial charge in [-0.25, -0.2) is 0 Å². The van der Waals surface area contributed by atoms with Gasteiger partial charge in [0.15, 0.2) is 0 Å². The van der Waals surface area contributed by atoms with Crippen LogP contribution in [0.1, 0.15) is 31.4 Å². The van der Waals surface area contributed by atoms with Crippen LogP contribution in [-0.2, 0) is 22.5 Å². The van der Waals surface area contributed by atoms with Crippen molar-refractivity contribution in [1.29, 1.82) is 0 Å². The molecule has 2 rings (SSSR count). The fourth-order valence-corrected chi connectivity index (χ4v) is 2.04. The van der Waals surface area contributed by atoms with E-state index in [2.05, 4.69) is 10.3 Å². The zero-order chi connectivity index (χ0) is 12.1. The first kappa shape index (κ1) is 12.0. The Balaban J connectivity index is 1.71. The molecule has 0 saturated carbocycles. The lowest BCUT2D eigenvalue weighted by Gasteiger charge is -2.07. The summed E-state index contributed by atoms with van der Waals surface area (Å²) in [7, 11) is 0. The van der Waals surface area contributed by atoms with Crippen LogP contribution in [0.15, 0.2) is 6.20 Å². The highest BCUT2D eigenvalue weighted by Gasteiger charge is 2.14. The van der Waals surface area contributed by atoms with Gasteiger partial charge in [-0.3, -0.25) is 9.48 Å². The zero-order valence-electron chi connectivity index (χ0n) is 9.71. The topological polar surface area (TPSA) is 77.2 Å². The Morgan fingerprint density at radius 2 is 2.53 bits per heavy atom. The van der Waals surface area contributed by atoms with E-state index in [1.807, 2.05) is 0 Å². The maximum absolute atomic E-state index is 10.5. The van der Waals surface area contributed by atoms with Crippen molar-refractivity contribution in [3.8, 4) is 0 Å². The molecule has 94 valence electrons. The SMILES string of the molecule is O=C(O)Cc1cn(CCCC2CCCO2)nn1. The molecular weight excluding hydrogens is 222 g/mol. The molecule has 1 N–H and O–H groups in total. The normalized spacial score (nSPS) is 19.6. The van der Waals surface area contributed by atoms with E-state index in [1.54, 1.807) is 10.9 Å². The standard InChI is InChI=1S/C11H17N3O3/c15-11(16)7-9-8-14(13-12-9)5-1-3-10-4-2-6-17-10/h8,10H,1-7H2,(H,15,16). The molecule has 1 fully saturated rings. The summed E-state index contributed by atoms with van der Waals surface area (Å²) < 4.78 is 7.23. The second kappa shape index (κ2) is 5.77. The molecular formula is C11H17N3O3. The van der Waals surface area contributed by atoms with Crippen molar-refractivity contribution in [1.82, 2.24) is 15.0 Å². The summed E-state index contributed by atoms with van der Waals surface area (Å²) in [6.45, 7) is 1.66. The van der Waals surface area contributed by atoms with E-state index < -0.39 is 5.97 Å². The van der Waals surface area contributed by atoms with Crippen molar-refractivity contribution in [2.75, 3.05) is 6.61 Å². The van der Waals surface area contributed by atoms with Gasteiger partial charge in [0.2, 0.25) is 0 Å². The predicted octanol–water partition coefficient (Wildman–Crippen LogP) is 0.864. The average Bonchev–Trinajstić information content (AvgIpc) is 2.89. The number of aryl methyl sites for hydroxylation is 1. The third-order valence-electron chi connectivity index (χ3n) is 2.86. The lowest BCUT2D eigenvalue weighted by atomic mass is 10.1. The summed E-state index contributed by atoms with van der Waals surface area (Å²) in [5, 5.41) is 16.3. The van der Waals surface area contributed by atoms with Gasteiger partial charge in [-0.2, -0.15) is 0 Å². The Kier molecular flexibility index (Phi) is 4.08. The van der Waals surface area contributed by atoms with Gasteiger partial charge < -0.3 is 9.84 Å². The molecule has 1 aliphatic heterocycles. The minimum atomic E-state index is -0.878. The average molecular weight is 239 g/mol. The molecule has 0 spiro atoms. The number of carbonyl (C=O) groups is 1. The van der Waals surface area contributed by atoms with Crippen molar-refractivity contribution in [2.24, 2.45) is 0 Å². The number of rotatable bonds is 6. The predicted molar refractivity (Wildman–Crippen MR) is 59.6 cm³/mol. The maximum atomic E-state index is 10.5. The van der Waals surface area contributed by atoms with Gasteiger partial charge in [-0.1, -0.05) is 5.21 Å². The van der Waals surface area contributed by atoms with Gasteiger partial charge in [0, 0.05) is 19.3 Å². The first-order valence-electron chi connectivity index (χ1n) is 5.96. The van der Waals surface area contributed by atoms with Crippen LogP contribution >= 0.6 is 0 Å². The molecule has 1 aromatic heterocycles. The van der Waals surface area contributed by atoms with E-state index in [0.29, 0.717) is 11.8 Å². The lowest BCUT2D eigenvalue weighted by molar-refractivity contribution is -0.136. The summed E-state index contributed by atoms with van der Waals surface area (Å²) in [5.41, 5.74) is 0.509. The van der Waals surface area contributed by atoms with Gasteiger partial charge in [-0.05, 0) is 25.7 Å². The minimum Gasteiger partial charge on any atom is -0.481 e. The van der Waals surface area contributed by atoms with Crippen LogP contribution in [0.25, 0.3) is 0 Å². The van der Waals surface area contributed by atoms with E-state index in [-0.39, 0.29) is 6.42 Å². The van der Waals surface area contributed by atoms with E-state index in [0.717, 1.165) is 38.8 Å². The van der Waals surface area contributed by atoms with Crippen LogP contribution in [0.2, 0.25) is 0 Å². The Bertz CT molecular complexity index is 372.